The number of carbonyl (C=O) groups excluding carboxylic acids is 1. The van der Waals surface area contributed by atoms with Crippen molar-refractivity contribution < 1.29 is 14.3 Å². The number of esters is 1. The molecule has 0 aliphatic carbocycles. The van der Waals surface area contributed by atoms with Crippen LogP contribution in [-0.4, -0.2) is 33.1 Å². The van der Waals surface area contributed by atoms with Gasteiger partial charge in [0.2, 0.25) is 0 Å². The van der Waals surface area contributed by atoms with Crippen LogP contribution in [0.1, 0.15) is 12.7 Å². The predicted octanol–water partition coefficient (Wildman–Crippen LogP) is 3.46. The van der Waals surface area contributed by atoms with Crippen LogP contribution in [-0.2, 0) is 22.7 Å². The molecule has 0 radical (unpaired) electrons. The van der Waals surface area contributed by atoms with E-state index in [4.69, 9.17) is 9.47 Å². The fourth-order valence-corrected chi connectivity index (χ4v) is 2.88. The van der Waals surface area contributed by atoms with Crippen molar-refractivity contribution in [2.75, 3.05) is 12.4 Å². The van der Waals surface area contributed by atoms with Crippen LogP contribution in [0.3, 0.4) is 0 Å². The molecule has 1 aromatic carbocycles. The Morgan fingerprint density at radius 1 is 1.38 bits per heavy atom. The third kappa shape index (κ3) is 5.38. The minimum absolute atomic E-state index is 0.191. The second kappa shape index (κ2) is 9.48. The number of hydrogen-bond donors (Lipinski definition) is 0. The second-order valence-corrected chi connectivity index (χ2v) is 6.49. The molecular formula is C16H18BrN3O3S. The summed E-state index contributed by atoms with van der Waals surface area (Å²) in [5.41, 5.74) is 0. The lowest BCUT2D eigenvalue weighted by molar-refractivity contribution is -0.139. The summed E-state index contributed by atoms with van der Waals surface area (Å²) in [7, 11) is 0. The molecule has 0 amide bonds. The summed E-state index contributed by atoms with van der Waals surface area (Å²) < 4.78 is 13.5. The van der Waals surface area contributed by atoms with Gasteiger partial charge in [0.15, 0.2) is 11.0 Å². The molecule has 0 saturated carbocycles. The summed E-state index contributed by atoms with van der Waals surface area (Å²) in [6, 6.07) is 7.55. The minimum atomic E-state index is -0.275. The fourth-order valence-electron chi connectivity index (χ4n) is 1.85. The summed E-state index contributed by atoms with van der Waals surface area (Å²) in [5.74, 6) is 1.33. The Kier molecular flexibility index (Phi) is 7.33. The summed E-state index contributed by atoms with van der Waals surface area (Å²) in [5, 5.41) is 8.91. The van der Waals surface area contributed by atoms with E-state index in [0.29, 0.717) is 24.1 Å². The van der Waals surface area contributed by atoms with Crippen LogP contribution in [0.15, 0.2) is 46.5 Å². The monoisotopic (exact) mass is 411 g/mol. The van der Waals surface area contributed by atoms with E-state index >= 15 is 0 Å². The molecule has 0 aliphatic heterocycles. The molecule has 128 valence electrons. The number of hydrogen-bond acceptors (Lipinski definition) is 6. The van der Waals surface area contributed by atoms with Crippen LogP contribution in [0.25, 0.3) is 0 Å². The Labute approximate surface area is 153 Å². The van der Waals surface area contributed by atoms with E-state index in [-0.39, 0.29) is 18.3 Å². The van der Waals surface area contributed by atoms with E-state index in [1.165, 1.54) is 11.8 Å². The Morgan fingerprint density at radius 3 is 2.79 bits per heavy atom. The van der Waals surface area contributed by atoms with Gasteiger partial charge in [0.25, 0.3) is 0 Å². The third-order valence-electron chi connectivity index (χ3n) is 2.91. The van der Waals surface area contributed by atoms with E-state index in [1.54, 1.807) is 13.0 Å². The Balaban J connectivity index is 2.02. The highest BCUT2D eigenvalue weighted by Gasteiger charge is 2.14. The van der Waals surface area contributed by atoms with Crippen molar-refractivity contribution in [3.8, 4) is 5.75 Å². The highest BCUT2D eigenvalue weighted by atomic mass is 79.9. The van der Waals surface area contributed by atoms with Crippen LogP contribution in [0.2, 0.25) is 0 Å². The second-order valence-electron chi connectivity index (χ2n) is 4.63. The lowest BCUT2D eigenvalue weighted by Gasteiger charge is -2.09. The van der Waals surface area contributed by atoms with Gasteiger partial charge in [-0.05, 0) is 31.2 Å². The van der Waals surface area contributed by atoms with Crippen molar-refractivity contribution in [1.29, 1.82) is 0 Å². The molecule has 6 nitrogen and oxygen atoms in total. The molecule has 2 aromatic rings. The molecule has 0 N–H and O–H groups in total. The Morgan fingerprint density at radius 2 is 2.12 bits per heavy atom. The van der Waals surface area contributed by atoms with Gasteiger partial charge in [-0.1, -0.05) is 33.8 Å². The maximum atomic E-state index is 11.5. The molecule has 1 aromatic heterocycles. The first kappa shape index (κ1) is 18.5. The highest BCUT2D eigenvalue weighted by Crippen LogP contribution is 2.20. The van der Waals surface area contributed by atoms with Gasteiger partial charge in [-0.3, -0.25) is 9.36 Å². The van der Waals surface area contributed by atoms with Gasteiger partial charge in [-0.25, -0.2) is 0 Å². The molecule has 0 bridgehead atoms. The van der Waals surface area contributed by atoms with Gasteiger partial charge in [0, 0.05) is 11.0 Å². The lowest BCUT2D eigenvalue weighted by atomic mass is 10.3. The van der Waals surface area contributed by atoms with Gasteiger partial charge in [0.05, 0.1) is 12.4 Å². The Hall–Kier alpha value is -1.80. The standard InChI is InChI=1S/C16H18BrN3O3S/c1-3-9-20-14(10-23-13-7-5-12(17)6-8-13)18-19-16(20)24-11-15(21)22-4-2/h3,5-8H,1,4,9-11H2,2H3. The topological polar surface area (TPSA) is 66.2 Å². The zero-order chi connectivity index (χ0) is 17.4. The molecule has 2 rings (SSSR count). The highest BCUT2D eigenvalue weighted by molar-refractivity contribution is 9.10. The number of benzene rings is 1. The molecule has 0 unspecified atom stereocenters. The van der Waals surface area contributed by atoms with Gasteiger partial charge in [0.1, 0.15) is 12.4 Å². The van der Waals surface area contributed by atoms with Crippen LogP contribution >= 0.6 is 27.7 Å². The first-order valence-corrected chi connectivity index (χ1v) is 9.11. The predicted molar refractivity (Wildman–Crippen MR) is 96.1 cm³/mol. The molecule has 24 heavy (non-hydrogen) atoms. The molecule has 0 saturated heterocycles. The van der Waals surface area contributed by atoms with E-state index in [0.717, 1.165) is 10.2 Å². The molecule has 0 atom stereocenters. The SMILES string of the molecule is C=CCn1c(COc2ccc(Br)cc2)nnc1SCC(=O)OCC. The molecule has 0 spiro atoms. The fraction of sp³-hybridized carbons (Fsp3) is 0.312. The Bertz CT molecular complexity index is 688. The van der Waals surface area contributed by atoms with Gasteiger partial charge < -0.3 is 9.47 Å². The van der Waals surface area contributed by atoms with Crippen molar-refractivity contribution in [3.05, 3.63) is 47.2 Å². The van der Waals surface area contributed by atoms with E-state index in [9.17, 15) is 4.79 Å². The third-order valence-corrected chi connectivity index (χ3v) is 4.38. The smallest absolute Gasteiger partial charge is 0.316 e. The number of halogens is 1. The molecule has 1 heterocycles. The zero-order valence-corrected chi connectivity index (χ0v) is 15.7. The number of thioether (sulfide) groups is 1. The quantitative estimate of drug-likeness (QED) is 0.357. The van der Waals surface area contributed by atoms with E-state index < -0.39 is 0 Å². The molecule has 8 heteroatoms. The normalized spacial score (nSPS) is 10.4. The molecule has 0 aliphatic rings. The van der Waals surface area contributed by atoms with Gasteiger partial charge in [-0.2, -0.15) is 0 Å². The number of allylic oxidation sites excluding steroid dienone is 1. The number of aromatic nitrogens is 3. The van der Waals surface area contributed by atoms with Crippen molar-refractivity contribution in [2.24, 2.45) is 0 Å². The van der Waals surface area contributed by atoms with Crippen LogP contribution in [0.5, 0.6) is 5.75 Å². The number of carbonyl (C=O) groups is 1. The maximum Gasteiger partial charge on any atom is 0.316 e. The summed E-state index contributed by atoms with van der Waals surface area (Å²) in [6.07, 6.45) is 1.75. The van der Waals surface area contributed by atoms with Gasteiger partial charge in [-0.15, -0.1) is 16.8 Å². The van der Waals surface area contributed by atoms with Crippen molar-refractivity contribution in [3.63, 3.8) is 0 Å². The van der Waals surface area contributed by atoms with E-state index in [1.807, 2.05) is 28.8 Å². The van der Waals surface area contributed by atoms with Crippen LogP contribution in [0, 0.1) is 0 Å². The summed E-state index contributed by atoms with van der Waals surface area (Å²) in [4.78, 5) is 11.5. The lowest BCUT2D eigenvalue weighted by Crippen LogP contribution is -2.10. The molecular weight excluding hydrogens is 394 g/mol. The van der Waals surface area contributed by atoms with Crippen LogP contribution in [0.4, 0.5) is 0 Å². The number of rotatable bonds is 9. The summed E-state index contributed by atoms with van der Waals surface area (Å²) in [6.45, 7) is 6.71. The van der Waals surface area contributed by atoms with E-state index in [2.05, 4.69) is 32.7 Å². The maximum absolute atomic E-state index is 11.5. The van der Waals surface area contributed by atoms with Crippen molar-refractivity contribution in [2.45, 2.75) is 25.2 Å². The van der Waals surface area contributed by atoms with Crippen LogP contribution < -0.4 is 4.74 Å². The average Bonchev–Trinajstić information content (AvgIpc) is 2.95. The summed E-state index contributed by atoms with van der Waals surface area (Å²) >= 11 is 4.67. The average molecular weight is 412 g/mol. The van der Waals surface area contributed by atoms with Gasteiger partial charge >= 0.3 is 5.97 Å². The first-order valence-electron chi connectivity index (χ1n) is 7.33. The first-order chi connectivity index (χ1) is 11.6. The van der Waals surface area contributed by atoms with Crippen molar-refractivity contribution in [1.82, 2.24) is 14.8 Å². The zero-order valence-electron chi connectivity index (χ0n) is 13.3. The number of ether oxygens (including phenoxy) is 2. The minimum Gasteiger partial charge on any atom is -0.486 e. The number of nitrogens with zero attached hydrogens (tertiary/aromatic N) is 3. The molecule has 0 fully saturated rings. The largest absolute Gasteiger partial charge is 0.486 e. The van der Waals surface area contributed by atoms with Crippen molar-refractivity contribution >= 4 is 33.7 Å².